The average Bonchev–Trinajstić information content (AvgIpc) is 2.81. The van der Waals surface area contributed by atoms with Gasteiger partial charge in [-0.2, -0.15) is 5.10 Å². The summed E-state index contributed by atoms with van der Waals surface area (Å²) in [6.45, 7) is 2.08. The predicted molar refractivity (Wildman–Crippen MR) is 69.8 cm³/mol. The number of hydrogen-bond donors (Lipinski definition) is 0. The Bertz CT molecular complexity index is 694. The molecule has 2 aromatic heterocycles. The second-order valence-electron chi connectivity index (χ2n) is 4.20. The molecule has 1 aromatic carbocycles. The van der Waals surface area contributed by atoms with Crippen molar-refractivity contribution in [3.63, 3.8) is 0 Å². The highest BCUT2D eigenvalue weighted by Gasteiger charge is 2.09. The molecule has 17 heavy (non-hydrogen) atoms. The highest BCUT2D eigenvalue weighted by molar-refractivity contribution is 6.31. The number of fused-ring (bicyclic) bond motifs is 1. The maximum atomic E-state index is 6.06. The third kappa shape index (κ3) is 1.63. The van der Waals surface area contributed by atoms with Gasteiger partial charge in [0.2, 0.25) is 0 Å². The lowest BCUT2D eigenvalue weighted by atomic mass is 10.2. The zero-order valence-electron chi connectivity index (χ0n) is 9.68. The summed E-state index contributed by atoms with van der Waals surface area (Å²) >= 11 is 6.06. The molecule has 0 fully saturated rings. The molecular weight excluding hydrogens is 234 g/mol. The van der Waals surface area contributed by atoms with Crippen LogP contribution in [0.2, 0.25) is 5.02 Å². The first-order valence-electron chi connectivity index (χ1n) is 5.42. The van der Waals surface area contributed by atoms with Crippen LogP contribution in [0.25, 0.3) is 16.6 Å². The van der Waals surface area contributed by atoms with Gasteiger partial charge in [0.1, 0.15) is 0 Å². The molecule has 0 radical (unpaired) electrons. The largest absolute Gasteiger partial charge is 0.311 e. The Morgan fingerprint density at radius 2 is 2.06 bits per heavy atom. The van der Waals surface area contributed by atoms with Crippen molar-refractivity contribution in [3.05, 3.63) is 47.4 Å². The van der Waals surface area contributed by atoms with Crippen LogP contribution in [0, 0.1) is 6.92 Å². The molecule has 0 bridgehead atoms. The molecule has 3 aromatic rings. The van der Waals surface area contributed by atoms with Crippen LogP contribution in [0.1, 0.15) is 5.69 Å². The van der Waals surface area contributed by atoms with Crippen molar-refractivity contribution in [2.75, 3.05) is 0 Å². The van der Waals surface area contributed by atoms with E-state index in [2.05, 4.69) is 22.7 Å². The van der Waals surface area contributed by atoms with Crippen molar-refractivity contribution >= 4 is 22.5 Å². The molecule has 0 unspecified atom stereocenters. The minimum Gasteiger partial charge on any atom is -0.311 e. The predicted octanol–water partition coefficient (Wildman–Crippen LogP) is 3.33. The first kappa shape index (κ1) is 10.4. The number of hydrogen-bond acceptors (Lipinski definition) is 1. The van der Waals surface area contributed by atoms with Crippen molar-refractivity contribution in [2.45, 2.75) is 6.92 Å². The first-order valence-corrected chi connectivity index (χ1v) is 5.79. The molecular formula is C13H12ClN3. The van der Waals surface area contributed by atoms with Crippen LogP contribution in [0.15, 0.2) is 36.7 Å². The molecule has 0 saturated carbocycles. The second kappa shape index (κ2) is 3.64. The molecule has 0 N–H and O–H groups in total. The Kier molecular flexibility index (Phi) is 2.23. The Morgan fingerprint density at radius 3 is 2.76 bits per heavy atom. The van der Waals surface area contributed by atoms with Crippen LogP contribution in [0.4, 0.5) is 0 Å². The molecule has 0 amide bonds. The van der Waals surface area contributed by atoms with E-state index in [4.69, 9.17) is 11.6 Å². The van der Waals surface area contributed by atoms with Crippen molar-refractivity contribution in [3.8, 4) is 5.69 Å². The third-order valence-electron chi connectivity index (χ3n) is 2.90. The number of rotatable bonds is 1. The van der Waals surface area contributed by atoms with E-state index in [0.717, 1.165) is 16.2 Å². The van der Waals surface area contributed by atoms with E-state index in [1.165, 1.54) is 11.1 Å². The summed E-state index contributed by atoms with van der Waals surface area (Å²) in [5.41, 5.74) is 3.35. The van der Waals surface area contributed by atoms with Crippen molar-refractivity contribution in [2.24, 2.45) is 7.05 Å². The van der Waals surface area contributed by atoms with Crippen LogP contribution in [-0.4, -0.2) is 14.3 Å². The van der Waals surface area contributed by atoms with Crippen LogP contribution in [-0.2, 0) is 7.05 Å². The lowest BCUT2D eigenvalue weighted by Gasteiger charge is -2.04. The van der Waals surface area contributed by atoms with Gasteiger partial charge in [-0.3, -0.25) is 4.68 Å². The van der Waals surface area contributed by atoms with Crippen molar-refractivity contribution in [1.82, 2.24) is 14.3 Å². The minimum absolute atomic E-state index is 0.751. The summed E-state index contributed by atoms with van der Waals surface area (Å²) in [6.07, 6.45) is 3.85. The minimum atomic E-state index is 0.751. The summed E-state index contributed by atoms with van der Waals surface area (Å²) in [7, 11) is 1.91. The molecule has 4 heteroatoms. The van der Waals surface area contributed by atoms with Gasteiger partial charge in [0, 0.05) is 29.3 Å². The molecule has 0 atom stereocenters. The van der Waals surface area contributed by atoms with E-state index in [0.29, 0.717) is 0 Å². The molecule has 3 rings (SSSR count). The maximum Gasteiger partial charge on any atom is 0.0840 e. The van der Waals surface area contributed by atoms with Crippen LogP contribution in [0.5, 0.6) is 0 Å². The highest BCUT2D eigenvalue weighted by atomic mass is 35.5. The van der Waals surface area contributed by atoms with E-state index in [9.17, 15) is 0 Å². The lowest BCUT2D eigenvalue weighted by molar-refractivity contribution is 0.767. The number of aryl methyl sites for hydroxylation is 2. The molecule has 2 heterocycles. The second-order valence-corrected chi connectivity index (χ2v) is 4.63. The normalized spacial score (nSPS) is 11.2. The monoisotopic (exact) mass is 245 g/mol. The standard InChI is InChI=1S/C13H12ClN3/c1-9-5-10-3-4-11(14)6-13(10)17(9)12-7-15-16(2)8-12/h3-8H,1-2H3. The van der Waals surface area contributed by atoms with Crippen LogP contribution >= 0.6 is 11.6 Å². The molecule has 0 saturated heterocycles. The van der Waals surface area contributed by atoms with Gasteiger partial charge in [-0.05, 0) is 25.1 Å². The maximum absolute atomic E-state index is 6.06. The van der Waals surface area contributed by atoms with Gasteiger partial charge in [0.05, 0.1) is 17.4 Å². The molecule has 0 spiro atoms. The number of benzene rings is 1. The number of aromatic nitrogens is 3. The lowest BCUT2D eigenvalue weighted by Crippen LogP contribution is -1.94. The molecule has 0 aliphatic rings. The third-order valence-corrected chi connectivity index (χ3v) is 3.14. The first-order chi connectivity index (χ1) is 8.15. The number of nitrogens with zero attached hydrogens (tertiary/aromatic N) is 3. The summed E-state index contributed by atoms with van der Waals surface area (Å²) in [4.78, 5) is 0. The van der Waals surface area contributed by atoms with Gasteiger partial charge in [-0.1, -0.05) is 17.7 Å². The Hall–Kier alpha value is -1.74. The molecule has 3 nitrogen and oxygen atoms in total. The zero-order chi connectivity index (χ0) is 12.0. The number of halogens is 1. The van der Waals surface area contributed by atoms with E-state index in [1.807, 2.05) is 37.6 Å². The van der Waals surface area contributed by atoms with E-state index >= 15 is 0 Å². The zero-order valence-corrected chi connectivity index (χ0v) is 10.4. The van der Waals surface area contributed by atoms with E-state index in [-0.39, 0.29) is 0 Å². The highest BCUT2D eigenvalue weighted by Crippen LogP contribution is 2.26. The fraction of sp³-hybridized carbons (Fsp3) is 0.154. The molecule has 86 valence electrons. The smallest absolute Gasteiger partial charge is 0.0840 e. The van der Waals surface area contributed by atoms with Gasteiger partial charge in [0.15, 0.2) is 0 Å². The van der Waals surface area contributed by atoms with E-state index < -0.39 is 0 Å². The van der Waals surface area contributed by atoms with Gasteiger partial charge in [0.25, 0.3) is 0 Å². The van der Waals surface area contributed by atoms with Crippen LogP contribution < -0.4 is 0 Å². The quantitative estimate of drug-likeness (QED) is 0.645. The van der Waals surface area contributed by atoms with Crippen LogP contribution in [0.3, 0.4) is 0 Å². The summed E-state index contributed by atoms with van der Waals surface area (Å²) in [6, 6.07) is 8.09. The fourth-order valence-electron chi connectivity index (χ4n) is 2.18. The molecule has 0 aliphatic carbocycles. The van der Waals surface area contributed by atoms with Gasteiger partial charge in [-0.15, -0.1) is 0 Å². The van der Waals surface area contributed by atoms with Gasteiger partial charge < -0.3 is 4.57 Å². The van der Waals surface area contributed by atoms with Crippen molar-refractivity contribution < 1.29 is 0 Å². The topological polar surface area (TPSA) is 22.8 Å². The Labute approximate surface area is 104 Å². The Balaban J connectivity index is 2.34. The SMILES string of the molecule is Cc1cc2ccc(Cl)cc2n1-c1cnn(C)c1. The fourth-order valence-corrected chi connectivity index (χ4v) is 2.34. The van der Waals surface area contributed by atoms with Crippen molar-refractivity contribution in [1.29, 1.82) is 0 Å². The summed E-state index contributed by atoms with van der Waals surface area (Å²) in [5.74, 6) is 0. The average molecular weight is 246 g/mol. The Morgan fingerprint density at radius 1 is 1.24 bits per heavy atom. The summed E-state index contributed by atoms with van der Waals surface area (Å²) < 4.78 is 3.96. The summed E-state index contributed by atoms with van der Waals surface area (Å²) in [5, 5.41) is 6.15. The molecule has 0 aliphatic heterocycles. The van der Waals surface area contributed by atoms with E-state index in [1.54, 1.807) is 4.68 Å². The van der Waals surface area contributed by atoms with Gasteiger partial charge in [-0.25, -0.2) is 0 Å². The van der Waals surface area contributed by atoms with Gasteiger partial charge >= 0.3 is 0 Å².